The third-order valence-electron chi connectivity index (χ3n) is 2.83. The van der Waals surface area contributed by atoms with Gasteiger partial charge in [-0.05, 0) is 42.7 Å². The van der Waals surface area contributed by atoms with Crippen LogP contribution in [0.25, 0.3) is 0 Å². The second kappa shape index (κ2) is 3.26. The first-order chi connectivity index (χ1) is 6.20. The summed E-state index contributed by atoms with van der Waals surface area (Å²) in [4.78, 5) is 12.9. The lowest BCUT2D eigenvalue weighted by Crippen LogP contribution is -2.12. The molecule has 1 aliphatic rings. The number of thiophene rings is 1. The number of Topliss-reactive ketones (excluding diaryl/α,β-unsaturated/α-hetero) is 1. The van der Waals surface area contributed by atoms with Crippen molar-refractivity contribution in [3.63, 3.8) is 0 Å². The molecule has 0 amide bonds. The highest BCUT2D eigenvalue weighted by Gasteiger charge is 2.33. The van der Waals surface area contributed by atoms with Gasteiger partial charge < -0.3 is 0 Å². The highest BCUT2D eigenvalue weighted by molar-refractivity contribution is 7.12. The molecular formula is C11H14OS. The molecule has 2 rings (SSSR count). The molecule has 1 heterocycles. The van der Waals surface area contributed by atoms with Gasteiger partial charge in [-0.15, -0.1) is 11.3 Å². The average molecular weight is 194 g/mol. The first-order valence-corrected chi connectivity index (χ1v) is 5.66. The van der Waals surface area contributed by atoms with Gasteiger partial charge in [-0.1, -0.05) is 6.92 Å². The van der Waals surface area contributed by atoms with Crippen LogP contribution >= 0.6 is 11.3 Å². The van der Waals surface area contributed by atoms with Crippen LogP contribution in [0.2, 0.25) is 0 Å². The molecule has 2 heteroatoms. The lowest BCUT2D eigenvalue weighted by atomic mass is 9.98. The zero-order chi connectivity index (χ0) is 9.42. The van der Waals surface area contributed by atoms with E-state index in [-0.39, 0.29) is 5.92 Å². The fraction of sp³-hybridized carbons (Fsp3) is 0.545. The Morgan fingerprint density at radius 3 is 2.77 bits per heavy atom. The van der Waals surface area contributed by atoms with Crippen molar-refractivity contribution in [3.05, 3.63) is 21.9 Å². The summed E-state index contributed by atoms with van der Waals surface area (Å²) in [6.45, 7) is 4.09. The molecule has 1 nitrogen and oxygen atoms in total. The number of rotatable bonds is 3. The highest BCUT2D eigenvalue weighted by Crippen LogP contribution is 2.38. The second-order valence-corrected chi connectivity index (χ2v) is 4.84. The normalized spacial score (nSPS) is 18.6. The van der Waals surface area contributed by atoms with Gasteiger partial charge in [-0.25, -0.2) is 0 Å². The monoisotopic (exact) mass is 194 g/mol. The van der Waals surface area contributed by atoms with Crippen LogP contribution in [0, 0.1) is 18.8 Å². The van der Waals surface area contributed by atoms with E-state index in [2.05, 4.69) is 6.92 Å². The third kappa shape index (κ3) is 1.68. The Balaban J connectivity index is 2.16. The van der Waals surface area contributed by atoms with Gasteiger partial charge >= 0.3 is 0 Å². The summed E-state index contributed by atoms with van der Waals surface area (Å²) in [7, 11) is 0. The number of carbonyl (C=O) groups is 1. The summed E-state index contributed by atoms with van der Waals surface area (Å²) >= 11 is 1.58. The van der Waals surface area contributed by atoms with Gasteiger partial charge in [0.1, 0.15) is 0 Å². The maximum Gasteiger partial charge on any atom is 0.176 e. The second-order valence-electron chi connectivity index (χ2n) is 3.92. The molecule has 0 spiro atoms. The van der Waals surface area contributed by atoms with Gasteiger partial charge in [0.2, 0.25) is 0 Å². The zero-order valence-electron chi connectivity index (χ0n) is 8.04. The van der Waals surface area contributed by atoms with Crippen LogP contribution in [0.5, 0.6) is 0 Å². The molecule has 0 aliphatic heterocycles. The standard InChI is InChI=1S/C11H14OS/c1-7-5-6-13-11(7)10(12)8(2)9-3-4-9/h5-6,8-9H,3-4H2,1-2H3. The lowest BCUT2D eigenvalue weighted by molar-refractivity contribution is 0.0920. The Kier molecular flexibility index (Phi) is 2.24. The van der Waals surface area contributed by atoms with E-state index in [1.165, 1.54) is 12.8 Å². The predicted molar refractivity (Wildman–Crippen MR) is 55.3 cm³/mol. The van der Waals surface area contributed by atoms with E-state index in [1.54, 1.807) is 11.3 Å². The van der Waals surface area contributed by atoms with Crippen LogP contribution in [-0.2, 0) is 0 Å². The number of ketones is 1. The van der Waals surface area contributed by atoms with Gasteiger partial charge in [0.15, 0.2) is 5.78 Å². The Hall–Kier alpha value is -0.630. The van der Waals surface area contributed by atoms with Crippen molar-refractivity contribution in [3.8, 4) is 0 Å². The van der Waals surface area contributed by atoms with E-state index < -0.39 is 0 Å². The number of hydrogen-bond acceptors (Lipinski definition) is 2. The van der Waals surface area contributed by atoms with E-state index in [9.17, 15) is 4.79 Å². The van der Waals surface area contributed by atoms with Gasteiger partial charge in [-0.3, -0.25) is 4.79 Å². The molecule has 0 aromatic carbocycles. The molecular weight excluding hydrogens is 180 g/mol. The zero-order valence-corrected chi connectivity index (χ0v) is 8.86. The average Bonchev–Trinajstić information content (AvgIpc) is 2.87. The first kappa shape index (κ1) is 8.95. The maximum atomic E-state index is 11.9. The molecule has 1 aromatic heterocycles. The van der Waals surface area contributed by atoms with Crippen LogP contribution in [0.1, 0.15) is 35.0 Å². The topological polar surface area (TPSA) is 17.1 Å². The Morgan fingerprint density at radius 1 is 1.62 bits per heavy atom. The van der Waals surface area contributed by atoms with E-state index in [1.807, 2.05) is 18.4 Å². The van der Waals surface area contributed by atoms with Crippen molar-refractivity contribution in [1.82, 2.24) is 0 Å². The summed E-state index contributed by atoms with van der Waals surface area (Å²) < 4.78 is 0. The van der Waals surface area contributed by atoms with Crippen molar-refractivity contribution in [2.24, 2.45) is 11.8 Å². The Morgan fingerprint density at radius 2 is 2.31 bits per heavy atom. The summed E-state index contributed by atoms with van der Waals surface area (Å²) in [6.07, 6.45) is 2.49. The molecule has 0 saturated heterocycles. The largest absolute Gasteiger partial charge is 0.293 e. The van der Waals surface area contributed by atoms with Crippen molar-refractivity contribution in [2.45, 2.75) is 26.7 Å². The summed E-state index contributed by atoms with van der Waals surface area (Å²) in [5.41, 5.74) is 1.14. The third-order valence-corrected chi connectivity index (χ3v) is 3.86. The van der Waals surface area contributed by atoms with Crippen molar-refractivity contribution >= 4 is 17.1 Å². The minimum absolute atomic E-state index is 0.248. The fourth-order valence-electron chi connectivity index (χ4n) is 1.64. The van der Waals surface area contributed by atoms with Gasteiger partial charge in [-0.2, -0.15) is 0 Å². The molecule has 70 valence electrons. The summed E-state index contributed by atoms with van der Waals surface area (Å²) in [6, 6.07) is 2.03. The number of carbonyl (C=O) groups excluding carboxylic acids is 1. The van der Waals surface area contributed by atoms with Crippen LogP contribution in [0.15, 0.2) is 11.4 Å². The predicted octanol–water partition coefficient (Wildman–Crippen LogP) is 3.29. The van der Waals surface area contributed by atoms with Crippen molar-refractivity contribution in [2.75, 3.05) is 0 Å². The highest BCUT2D eigenvalue weighted by atomic mass is 32.1. The van der Waals surface area contributed by atoms with Crippen LogP contribution in [0.4, 0.5) is 0 Å². The molecule has 0 bridgehead atoms. The molecule has 1 aromatic rings. The smallest absolute Gasteiger partial charge is 0.176 e. The minimum Gasteiger partial charge on any atom is -0.293 e. The van der Waals surface area contributed by atoms with Gasteiger partial charge in [0, 0.05) is 5.92 Å². The van der Waals surface area contributed by atoms with Crippen molar-refractivity contribution < 1.29 is 4.79 Å². The Labute approximate surface area is 82.8 Å². The molecule has 1 aliphatic carbocycles. The minimum atomic E-state index is 0.248. The molecule has 1 unspecified atom stereocenters. The molecule has 1 fully saturated rings. The van der Waals surface area contributed by atoms with Crippen LogP contribution in [-0.4, -0.2) is 5.78 Å². The Bertz CT molecular complexity index is 323. The molecule has 13 heavy (non-hydrogen) atoms. The lowest BCUT2D eigenvalue weighted by Gasteiger charge is -2.07. The molecule has 1 atom stereocenters. The number of hydrogen-bond donors (Lipinski definition) is 0. The molecule has 1 saturated carbocycles. The van der Waals surface area contributed by atoms with Crippen LogP contribution < -0.4 is 0 Å². The van der Waals surface area contributed by atoms with E-state index in [4.69, 9.17) is 0 Å². The summed E-state index contributed by atoms with van der Waals surface area (Å²) in [5, 5.41) is 2.00. The summed E-state index contributed by atoms with van der Waals surface area (Å²) in [5.74, 6) is 1.28. The van der Waals surface area contributed by atoms with E-state index >= 15 is 0 Å². The molecule has 0 N–H and O–H groups in total. The maximum absolute atomic E-state index is 11.9. The number of aryl methyl sites for hydroxylation is 1. The van der Waals surface area contributed by atoms with Crippen LogP contribution in [0.3, 0.4) is 0 Å². The fourth-order valence-corrected chi connectivity index (χ4v) is 2.61. The quantitative estimate of drug-likeness (QED) is 0.675. The van der Waals surface area contributed by atoms with E-state index in [0.717, 1.165) is 10.4 Å². The van der Waals surface area contributed by atoms with Gasteiger partial charge in [0.25, 0.3) is 0 Å². The van der Waals surface area contributed by atoms with Crippen molar-refractivity contribution in [1.29, 1.82) is 0 Å². The van der Waals surface area contributed by atoms with Gasteiger partial charge in [0.05, 0.1) is 4.88 Å². The molecule has 0 radical (unpaired) electrons. The van der Waals surface area contributed by atoms with E-state index in [0.29, 0.717) is 11.7 Å². The first-order valence-electron chi connectivity index (χ1n) is 4.78. The SMILES string of the molecule is Cc1ccsc1C(=O)C(C)C1CC1.